The van der Waals surface area contributed by atoms with Crippen molar-refractivity contribution in [2.45, 2.75) is 27.2 Å². The van der Waals surface area contributed by atoms with Crippen LogP contribution in [0, 0.1) is 11.8 Å². The van der Waals surface area contributed by atoms with Gasteiger partial charge in [0, 0.05) is 17.5 Å². The maximum absolute atomic E-state index is 12.0. The number of hydrogen-bond acceptors (Lipinski definition) is 4. The fourth-order valence-corrected chi connectivity index (χ4v) is 1.73. The van der Waals surface area contributed by atoms with Gasteiger partial charge in [-0.25, -0.2) is 0 Å². The highest BCUT2D eigenvalue weighted by Gasteiger charge is 2.21. The third-order valence-corrected chi connectivity index (χ3v) is 2.99. The Bertz CT molecular complexity index is 478. The molecule has 0 aromatic rings. The van der Waals surface area contributed by atoms with Gasteiger partial charge in [-0.2, -0.15) is 0 Å². The second kappa shape index (κ2) is 6.79. The average Bonchev–Trinajstić information content (AvgIpc) is 2.39. The molecule has 5 N–H and O–H groups in total. The molecule has 6 nitrogen and oxygen atoms in total. The van der Waals surface area contributed by atoms with Gasteiger partial charge in [-0.3, -0.25) is 9.59 Å². The SMILES string of the molecule is C=CN/C1=C(\N)C(=O)N/C(NC(=O)C(C)C)=C/CC1C. The van der Waals surface area contributed by atoms with Crippen molar-refractivity contribution in [1.29, 1.82) is 0 Å². The molecule has 0 fully saturated rings. The van der Waals surface area contributed by atoms with E-state index in [1.54, 1.807) is 19.9 Å². The van der Waals surface area contributed by atoms with Crippen molar-refractivity contribution in [3.05, 3.63) is 36.1 Å². The van der Waals surface area contributed by atoms with E-state index in [0.29, 0.717) is 17.9 Å². The van der Waals surface area contributed by atoms with Gasteiger partial charge in [0.2, 0.25) is 5.91 Å². The average molecular weight is 278 g/mol. The van der Waals surface area contributed by atoms with Crippen LogP contribution in [0.3, 0.4) is 0 Å². The van der Waals surface area contributed by atoms with E-state index in [2.05, 4.69) is 22.5 Å². The Morgan fingerprint density at radius 2 is 2.25 bits per heavy atom. The quantitative estimate of drug-likeness (QED) is 0.607. The first kappa shape index (κ1) is 15.8. The highest BCUT2D eigenvalue weighted by Crippen LogP contribution is 2.17. The van der Waals surface area contributed by atoms with Crippen molar-refractivity contribution >= 4 is 11.8 Å². The van der Waals surface area contributed by atoms with Gasteiger partial charge in [-0.1, -0.05) is 27.4 Å². The number of amides is 2. The molecular formula is C14H22N4O2. The molecule has 0 radical (unpaired) electrons. The molecule has 0 bridgehead atoms. The van der Waals surface area contributed by atoms with Crippen molar-refractivity contribution in [2.75, 3.05) is 0 Å². The van der Waals surface area contributed by atoms with Crippen LogP contribution >= 0.6 is 0 Å². The second-order valence-corrected chi connectivity index (χ2v) is 5.03. The van der Waals surface area contributed by atoms with Crippen molar-refractivity contribution in [1.82, 2.24) is 16.0 Å². The van der Waals surface area contributed by atoms with Crippen LogP contribution < -0.4 is 21.7 Å². The topological polar surface area (TPSA) is 96.2 Å². The zero-order chi connectivity index (χ0) is 15.3. The fraction of sp³-hybridized carbons (Fsp3) is 0.429. The molecule has 20 heavy (non-hydrogen) atoms. The minimum Gasteiger partial charge on any atom is -0.393 e. The standard InChI is InChI=1S/C14H22N4O2/c1-5-16-12-9(4)6-7-10(17-13(19)8(2)3)18-14(20)11(12)15/h5,7-9,16H,1,6,15H2,2-4H3,(H,17,19)(H,18,20)/b10-7+,12-11-. The lowest BCUT2D eigenvalue weighted by Gasteiger charge is -2.22. The summed E-state index contributed by atoms with van der Waals surface area (Å²) in [5, 5.41) is 8.17. The predicted octanol–water partition coefficient (Wildman–Crippen LogP) is 0.659. The van der Waals surface area contributed by atoms with Crippen LogP contribution in [0.5, 0.6) is 0 Å². The molecule has 110 valence electrons. The smallest absolute Gasteiger partial charge is 0.274 e. The number of nitrogens with one attached hydrogen (secondary N) is 3. The lowest BCUT2D eigenvalue weighted by molar-refractivity contribution is -0.123. The van der Waals surface area contributed by atoms with Crippen molar-refractivity contribution < 1.29 is 9.59 Å². The summed E-state index contributed by atoms with van der Waals surface area (Å²) in [6, 6.07) is 0. The summed E-state index contributed by atoms with van der Waals surface area (Å²) in [7, 11) is 0. The van der Waals surface area contributed by atoms with Crippen LogP contribution in [0.25, 0.3) is 0 Å². The molecule has 1 atom stereocenters. The van der Waals surface area contributed by atoms with Gasteiger partial charge in [0.1, 0.15) is 11.5 Å². The molecule has 0 saturated carbocycles. The molecular weight excluding hydrogens is 256 g/mol. The second-order valence-electron chi connectivity index (χ2n) is 5.03. The third-order valence-electron chi connectivity index (χ3n) is 2.99. The Labute approximate surface area is 119 Å². The minimum atomic E-state index is -0.448. The molecule has 0 saturated heterocycles. The van der Waals surface area contributed by atoms with Gasteiger partial charge in [0.25, 0.3) is 5.91 Å². The first-order valence-corrected chi connectivity index (χ1v) is 6.56. The molecule has 0 spiro atoms. The molecule has 1 unspecified atom stereocenters. The Morgan fingerprint density at radius 1 is 1.60 bits per heavy atom. The van der Waals surface area contributed by atoms with E-state index in [4.69, 9.17) is 5.73 Å². The van der Waals surface area contributed by atoms with Gasteiger partial charge < -0.3 is 21.7 Å². The zero-order valence-electron chi connectivity index (χ0n) is 12.1. The van der Waals surface area contributed by atoms with Gasteiger partial charge in [-0.15, -0.1) is 0 Å². The Hall–Kier alpha value is -2.24. The Morgan fingerprint density at radius 3 is 2.80 bits per heavy atom. The monoisotopic (exact) mass is 278 g/mol. The summed E-state index contributed by atoms with van der Waals surface area (Å²) in [6.45, 7) is 9.07. The van der Waals surface area contributed by atoms with Crippen LogP contribution in [-0.4, -0.2) is 11.8 Å². The van der Waals surface area contributed by atoms with E-state index in [-0.39, 0.29) is 23.4 Å². The minimum absolute atomic E-state index is 0.0185. The predicted molar refractivity (Wildman–Crippen MR) is 77.5 cm³/mol. The maximum Gasteiger partial charge on any atom is 0.274 e. The highest BCUT2D eigenvalue weighted by atomic mass is 16.2. The summed E-state index contributed by atoms with van der Waals surface area (Å²) < 4.78 is 0. The summed E-state index contributed by atoms with van der Waals surface area (Å²) in [4.78, 5) is 23.7. The first-order chi connectivity index (χ1) is 9.36. The molecule has 1 aliphatic heterocycles. The zero-order valence-corrected chi connectivity index (χ0v) is 12.1. The van der Waals surface area contributed by atoms with Crippen LogP contribution in [0.4, 0.5) is 0 Å². The summed E-state index contributed by atoms with van der Waals surface area (Å²) in [6.07, 6.45) is 3.89. The molecule has 2 amide bonds. The normalized spacial score (nSPS) is 25.9. The van der Waals surface area contributed by atoms with Gasteiger partial charge >= 0.3 is 0 Å². The lowest BCUT2D eigenvalue weighted by atomic mass is 10.00. The number of nitrogens with two attached hydrogens (primary N) is 1. The van der Waals surface area contributed by atoms with E-state index in [9.17, 15) is 9.59 Å². The van der Waals surface area contributed by atoms with Crippen molar-refractivity contribution in [3.63, 3.8) is 0 Å². The van der Waals surface area contributed by atoms with Crippen molar-refractivity contribution in [2.24, 2.45) is 17.6 Å². The Balaban J connectivity index is 2.93. The first-order valence-electron chi connectivity index (χ1n) is 6.56. The Kier molecular flexibility index (Phi) is 5.37. The summed E-state index contributed by atoms with van der Waals surface area (Å²) in [5.41, 5.74) is 6.57. The van der Waals surface area contributed by atoms with Crippen LogP contribution in [0.15, 0.2) is 36.1 Å². The molecule has 6 heteroatoms. The van der Waals surface area contributed by atoms with Gasteiger partial charge in [0.05, 0.1) is 0 Å². The summed E-state index contributed by atoms with van der Waals surface area (Å²) in [5.74, 6) is -0.374. The van der Waals surface area contributed by atoms with Gasteiger partial charge in [-0.05, 0) is 18.7 Å². The van der Waals surface area contributed by atoms with E-state index in [1.165, 1.54) is 6.20 Å². The van der Waals surface area contributed by atoms with Gasteiger partial charge in [0.15, 0.2) is 0 Å². The van der Waals surface area contributed by atoms with E-state index >= 15 is 0 Å². The van der Waals surface area contributed by atoms with E-state index in [0.717, 1.165) is 0 Å². The lowest BCUT2D eigenvalue weighted by Crippen LogP contribution is -2.41. The largest absolute Gasteiger partial charge is 0.393 e. The molecule has 1 heterocycles. The number of allylic oxidation sites excluding steroid dienone is 2. The number of rotatable bonds is 4. The number of hydrogen-bond donors (Lipinski definition) is 4. The molecule has 0 aliphatic carbocycles. The van der Waals surface area contributed by atoms with Crippen LogP contribution in [0.2, 0.25) is 0 Å². The highest BCUT2D eigenvalue weighted by molar-refractivity contribution is 5.95. The fourth-order valence-electron chi connectivity index (χ4n) is 1.73. The molecule has 1 rings (SSSR count). The van der Waals surface area contributed by atoms with Crippen LogP contribution in [-0.2, 0) is 9.59 Å². The van der Waals surface area contributed by atoms with Crippen molar-refractivity contribution in [3.8, 4) is 0 Å². The summed E-state index contributed by atoms with van der Waals surface area (Å²) >= 11 is 0. The van der Waals surface area contributed by atoms with E-state index in [1.807, 2.05) is 6.92 Å². The maximum atomic E-state index is 12.0. The molecule has 0 aromatic heterocycles. The number of carbonyl (C=O) groups is 2. The third kappa shape index (κ3) is 3.88. The van der Waals surface area contributed by atoms with Crippen LogP contribution in [0.1, 0.15) is 27.2 Å². The molecule has 1 aliphatic rings. The van der Waals surface area contributed by atoms with E-state index < -0.39 is 5.91 Å². The number of carbonyl (C=O) groups excluding carboxylic acids is 2. The molecule has 0 aromatic carbocycles.